The van der Waals surface area contributed by atoms with E-state index in [1.54, 1.807) is 10.5 Å². The lowest BCUT2D eigenvalue weighted by Crippen LogP contribution is -2.45. The molecule has 0 spiro atoms. The van der Waals surface area contributed by atoms with Gasteiger partial charge in [-0.3, -0.25) is 14.1 Å². The van der Waals surface area contributed by atoms with Gasteiger partial charge in [-0.2, -0.15) is 0 Å². The zero-order chi connectivity index (χ0) is 15.0. The molecule has 0 aromatic carbocycles. The third-order valence-corrected chi connectivity index (χ3v) is 3.74. The number of aromatic nitrogens is 2. The SMILES string of the molecule is Cc1ccc2nc(CN3CC(C)OC(C)C3)cc(=O)n2c1. The van der Waals surface area contributed by atoms with Crippen LogP contribution >= 0.6 is 0 Å². The summed E-state index contributed by atoms with van der Waals surface area (Å²) in [4.78, 5) is 19.1. The molecule has 2 aromatic heterocycles. The molecule has 0 aliphatic carbocycles. The van der Waals surface area contributed by atoms with Gasteiger partial charge in [-0.15, -0.1) is 0 Å². The Morgan fingerprint density at radius 2 is 2.00 bits per heavy atom. The lowest BCUT2D eigenvalue weighted by molar-refractivity contribution is -0.0707. The zero-order valence-corrected chi connectivity index (χ0v) is 12.7. The maximum Gasteiger partial charge on any atom is 0.258 e. The largest absolute Gasteiger partial charge is 0.373 e. The highest BCUT2D eigenvalue weighted by molar-refractivity contribution is 5.39. The third-order valence-electron chi connectivity index (χ3n) is 3.74. The van der Waals surface area contributed by atoms with Crippen molar-refractivity contribution < 1.29 is 4.74 Å². The van der Waals surface area contributed by atoms with Crippen molar-refractivity contribution in [3.63, 3.8) is 0 Å². The highest BCUT2D eigenvalue weighted by Crippen LogP contribution is 2.13. The average Bonchev–Trinajstić information content (AvgIpc) is 2.38. The molecule has 0 bridgehead atoms. The molecule has 1 aliphatic heterocycles. The lowest BCUT2D eigenvalue weighted by Gasteiger charge is -2.35. The van der Waals surface area contributed by atoms with Crippen LogP contribution in [0.15, 0.2) is 29.2 Å². The van der Waals surface area contributed by atoms with Crippen LogP contribution in [0.4, 0.5) is 0 Å². The Morgan fingerprint density at radius 1 is 1.29 bits per heavy atom. The van der Waals surface area contributed by atoms with Gasteiger partial charge in [0.05, 0.1) is 17.9 Å². The Bertz CT molecular complexity index is 700. The molecule has 3 rings (SSSR count). The monoisotopic (exact) mass is 287 g/mol. The lowest BCUT2D eigenvalue weighted by atomic mass is 10.2. The van der Waals surface area contributed by atoms with Crippen LogP contribution in [0.25, 0.3) is 5.65 Å². The summed E-state index contributed by atoms with van der Waals surface area (Å²) >= 11 is 0. The number of nitrogens with zero attached hydrogens (tertiary/aromatic N) is 3. The van der Waals surface area contributed by atoms with Crippen LogP contribution in [-0.2, 0) is 11.3 Å². The maximum atomic E-state index is 12.2. The molecule has 1 fully saturated rings. The minimum absolute atomic E-state index is 0.0203. The van der Waals surface area contributed by atoms with Gasteiger partial charge in [0.1, 0.15) is 5.65 Å². The van der Waals surface area contributed by atoms with Crippen molar-refractivity contribution in [3.8, 4) is 0 Å². The van der Waals surface area contributed by atoms with Crippen LogP contribution in [0.5, 0.6) is 0 Å². The van der Waals surface area contributed by atoms with E-state index in [1.807, 2.05) is 25.3 Å². The van der Waals surface area contributed by atoms with Crippen LogP contribution in [0.1, 0.15) is 25.1 Å². The van der Waals surface area contributed by atoms with Crippen LogP contribution in [-0.4, -0.2) is 39.6 Å². The van der Waals surface area contributed by atoms with Gasteiger partial charge in [-0.1, -0.05) is 6.07 Å². The molecule has 2 unspecified atom stereocenters. The van der Waals surface area contributed by atoms with Crippen LogP contribution in [0, 0.1) is 6.92 Å². The first kappa shape index (κ1) is 14.2. The molecule has 5 nitrogen and oxygen atoms in total. The highest BCUT2D eigenvalue weighted by atomic mass is 16.5. The van der Waals surface area contributed by atoms with Crippen molar-refractivity contribution in [1.29, 1.82) is 0 Å². The van der Waals surface area contributed by atoms with E-state index < -0.39 is 0 Å². The molecule has 0 radical (unpaired) electrons. The van der Waals surface area contributed by atoms with Crippen molar-refractivity contribution in [3.05, 3.63) is 46.0 Å². The standard InChI is InChI=1S/C16H21N3O2/c1-11-4-5-15-17-14(6-16(20)19(15)7-11)10-18-8-12(2)21-13(3)9-18/h4-7,12-13H,8-10H2,1-3H3. The van der Waals surface area contributed by atoms with E-state index in [9.17, 15) is 4.79 Å². The quantitative estimate of drug-likeness (QED) is 0.842. The molecule has 5 heteroatoms. The summed E-state index contributed by atoms with van der Waals surface area (Å²) in [6.07, 6.45) is 2.27. The summed E-state index contributed by atoms with van der Waals surface area (Å²) in [6, 6.07) is 5.51. The summed E-state index contributed by atoms with van der Waals surface area (Å²) in [5.41, 5.74) is 2.56. The van der Waals surface area contributed by atoms with Gasteiger partial charge < -0.3 is 4.74 Å². The first-order valence-electron chi connectivity index (χ1n) is 7.38. The summed E-state index contributed by atoms with van der Waals surface area (Å²) in [7, 11) is 0. The van der Waals surface area contributed by atoms with E-state index in [-0.39, 0.29) is 17.8 Å². The van der Waals surface area contributed by atoms with Crippen molar-refractivity contribution in [2.24, 2.45) is 0 Å². The number of aryl methyl sites for hydroxylation is 1. The summed E-state index contributed by atoms with van der Waals surface area (Å²) in [6.45, 7) is 8.56. The molecular formula is C16H21N3O2. The van der Waals surface area contributed by atoms with Gasteiger partial charge in [0.15, 0.2) is 0 Å². The van der Waals surface area contributed by atoms with E-state index in [1.165, 1.54) is 0 Å². The zero-order valence-electron chi connectivity index (χ0n) is 12.7. The van der Waals surface area contributed by atoms with E-state index in [2.05, 4.69) is 23.7 Å². The van der Waals surface area contributed by atoms with Crippen molar-refractivity contribution >= 4 is 5.65 Å². The summed E-state index contributed by atoms with van der Waals surface area (Å²) in [5, 5.41) is 0. The van der Waals surface area contributed by atoms with Crippen molar-refractivity contribution in [1.82, 2.24) is 14.3 Å². The normalized spacial score (nSPS) is 23.6. The Kier molecular flexibility index (Phi) is 3.78. The second-order valence-corrected chi connectivity index (χ2v) is 5.97. The third kappa shape index (κ3) is 3.14. The fourth-order valence-electron chi connectivity index (χ4n) is 2.98. The molecule has 3 heterocycles. The van der Waals surface area contributed by atoms with Gasteiger partial charge >= 0.3 is 0 Å². The second-order valence-electron chi connectivity index (χ2n) is 5.97. The predicted molar refractivity (Wildman–Crippen MR) is 81.5 cm³/mol. The Balaban J connectivity index is 1.87. The number of hydrogen-bond acceptors (Lipinski definition) is 4. The molecule has 0 N–H and O–H groups in total. The van der Waals surface area contributed by atoms with E-state index in [0.29, 0.717) is 12.2 Å². The molecule has 21 heavy (non-hydrogen) atoms. The van der Waals surface area contributed by atoms with Crippen LogP contribution in [0.3, 0.4) is 0 Å². The van der Waals surface area contributed by atoms with Gasteiger partial charge in [0.2, 0.25) is 0 Å². The average molecular weight is 287 g/mol. The van der Waals surface area contributed by atoms with E-state index >= 15 is 0 Å². The molecule has 0 amide bonds. The topological polar surface area (TPSA) is 46.8 Å². The number of morpholine rings is 1. The van der Waals surface area contributed by atoms with Crippen molar-refractivity contribution in [2.75, 3.05) is 13.1 Å². The molecule has 1 saturated heterocycles. The summed E-state index contributed by atoms with van der Waals surface area (Å²) < 4.78 is 7.33. The number of hydrogen-bond donors (Lipinski definition) is 0. The molecule has 2 atom stereocenters. The first-order chi connectivity index (χ1) is 10.0. The fourth-order valence-corrected chi connectivity index (χ4v) is 2.98. The van der Waals surface area contributed by atoms with Gasteiger partial charge in [-0.05, 0) is 32.4 Å². The van der Waals surface area contributed by atoms with Crippen LogP contribution in [0.2, 0.25) is 0 Å². The molecule has 1 aliphatic rings. The molecule has 0 saturated carbocycles. The summed E-state index contributed by atoms with van der Waals surface area (Å²) in [5.74, 6) is 0. The van der Waals surface area contributed by atoms with Crippen LogP contribution < -0.4 is 5.56 Å². The van der Waals surface area contributed by atoms with E-state index in [4.69, 9.17) is 4.74 Å². The number of ether oxygens (including phenoxy) is 1. The number of rotatable bonds is 2. The first-order valence-corrected chi connectivity index (χ1v) is 7.38. The smallest absolute Gasteiger partial charge is 0.258 e. The number of pyridine rings is 1. The van der Waals surface area contributed by atoms with E-state index in [0.717, 1.165) is 24.3 Å². The Hall–Kier alpha value is -1.72. The fraction of sp³-hybridized carbons (Fsp3) is 0.500. The van der Waals surface area contributed by atoms with Crippen molar-refractivity contribution in [2.45, 2.75) is 39.5 Å². The van der Waals surface area contributed by atoms with Gasteiger partial charge in [0.25, 0.3) is 5.56 Å². The van der Waals surface area contributed by atoms with Gasteiger partial charge in [-0.25, -0.2) is 4.98 Å². The van der Waals surface area contributed by atoms with Gasteiger partial charge in [0, 0.05) is 31.9 Å². The maximum absolute atomic E-state index is 12.2. The minimum atomic E-state index is -0.0203. The molecule has 2 aromatic rings. The second kappa shape index (κ2) is 5.58. The minimum Gasteiger partial charge on any atom is -0.373 e. The predicted octanol–water partition coefficient (Wildman–Crippen LogP) is 1.61. The molecule has 112 valence electrons. The molecular weight excluding hydrogens is 266 g/mol. The Morgan fingerprint density at radius 3 is 2.71 bits per heavy atom. The Labute approximate surface area is 124 Å². The number of fused-ring (bicyclic) bond motifs is 1. The highest BCUT2D eigenvalue weighted by Gasteiger charge is 2.22.